The highest BCUT2D eigenvalue weighted by Gasteiger charge is 2.46. The van der Waals surface area contributed by atoms with Gasteiger partial charge in [0.25, 0.3) is 0 Å². The number of hydrogen-bond acceptors (Lipinski definition) is 5. The fourth-order valence-electron chi connectivity index (χ4n) is 5.66. The number of halogens is 1. The number of sulfonamides is 1. The molecule has 5 rings (SSSR count). The van der Waals surface area contributed by atoms with E-state index >= 15 is 0 Å². The highest BCUT2D eigenvalue weighted by molar-refractivity contribution is 7.89. The summed E-state index contributed by atoms with van der Waals surface area (Å²) in [4.78, 5) is 14.7. The molecule has 2 aliphatic heterocycles. The van der Waals surface area contributed by atoms with Crippen molar-refractivity contribution in [3.05, 3.63) is 88.7 Å². The SMILES string of the molecule is Cc1cccc(Cl)c1S(=O)(=O)N1CCn2cccc2C1C(C=O)N1CCC(O)(c2ccccc2)CC1. The second-order valence-corrected chi connectivity index (χ2v) is 11.9. The zero-order chi connectivity index (χ0) is 25.5. The summed E-state index contributed by atoms with van der Waals surface area (Å²) >= 11 is 6.39. The lowest BCUT2D eigenvalue weighted by molar-refractivity contribution is -0.117. The van der Waals surface area contributed by atoms with Crippen LogP contribution in [0.4, 0.5) is 0 Å². The molecule has 1 N–H and O–H groups in total. The molecular weight excluding hydrogens is 498 g/mol. The lowest BCUT2D eigenvalue weighted by atomic mass is 9.83. The summed E-state index contributed by atoms with van der Waals surface area (Å²) in [5, 5.41) is 11.5. The van der Waals surface area contributed by atoms with Crippen LogP contribution < -0.4 is 0 Å². The molecule has 9 heteroatoms. The number of hydrogen-bond donors (Lipinski definition) is 1. The van der Waals surface area contributed by atoms with Gasteiger partial charge in [0.2, 0.25) is 10.0 Å². The molecule has 2 aliphatic rings. The van der Waals surface area contributed by atoms with Crippen molar-refractivity contribution in [3.63, 3.8) is 0 Å². The Morgan fingerprint density at radius 3 is 2.39 bits per heavy atom. The van der Waals surface area contributed by atoms with Gasteiger partial charge in [-0.05, 0) is 49.1 Å². The van der Waals surface area contributed by atoms with Crippen LogP contribution in [-0.4, -0.2) is 59.3 Å². The molecule has 0 saturated carbocycles. The minimum Gasteiger partial charge on any atom is -0.385 e. The van der Waals surface area contributed by atoms with Crippen molar-refractivity contribution in [1.29, 1.82) is 0 Å². The Morgan fingerprint density at radius 1 is 1.00 bits per heavy atom. The van der Waals surface area contributed by atoms with E-state index in [-0.39, 0.29) is 16.5 Å². The third kappa shape index (κ3) is 4.31. The largest absolute Gasteiger partial charge is 0.385 e. The Bertz CT molecular complexity index is 1330. The molecule has 0 spiro atoms. The second kappa shape index (κ2) is 9.76. The number of aliphatic hydroxyl groups is 1. The van der Waals surface area contributed by atoms with Crippen LogP contribution in [0, 0.1) is 6.92 Å². The lowest BCUT2D eigenvalue weighted by Gasteiger charge is -2.46. The first-order valence-corrected chi connectivity index (χ1v) is 14.0. The molecule has 1 aromatic heterocycles. The fraction of sp³-hybridized carbons (Fsp3) is 0.370. The molecular formula is C27H30ClN3O4S. The Hall–Kier alpha value is -2.49. The summed E-state index contributed by atoms with van der Waals surface area (Å²) in [7, 11) is -4.00. The smallest absolute Gasteiger partial charge is 0.245 e. The lowest BCUT2D eigenvalue weighted by Crippen LogP contribution is -2.55. The topological polar surface area (TPSA) is 82.9 Å². The Morgan fingerprint density at radius 2 is 1.72 bits per heavy atom. The quantitative estimate of drug-likeness (QED) is 0.494. The number of benzene rings is 2. The molecule has 7 nitrogen and oxygen atoms in total. The van der Waals surface area contributed by atoms with E-state index in [2.05, 4.69) is 0 Å². The van der Waals surface area contributed by atoms with Crippen LogP contribution in [0.15, 0.2) is 71.8 Å². The molecule has 1 fully saturated rings. The van der Waals surface area contributed by atoms with Gasteiger partial charge < -0.3 is 14.5 Å². The van der Waals surface area contributed by atoms with Crippen molar-refractivity contribution in [1.82, 2.24) is 13.8 Å². The van der Waals surface area contributed by atoms with Crippen molar-refractivity contribution in [2.45, 2.75) is 48.9 Å². The summed E-state index contributed by atoms with van der Waals surface area (Å²) in [6.07, 6.45) is 3.67. The summed E-state index contributed by atoms with van der Waals surface area (Å²) in [5.74, 6) is 0. The average molecular weight is 528 g/mol. The third-order valence-electron chi connectivity index (χ3n) is 7.59. The Balaban J connectivity index is 1.49. The number of aromatic nitrogens is 1. The van der Waals surface area contributed by atoms with Gasteiger partial charge in [-0.2, -0.15) is 4.31 Å². The number of piperidine rings is 1. The van der Waals surface area contributed by atoms with Crippen molar-refractivity contribution in [2.24, 2.45) is 0 Å². The van der Waals surface area contributed by atoms with E-state index in [4.69, 9.17) is 11.6 Å². The number of aryl methyl sites for hydroxylation is 1. The van der Waals surface area contributed by atoms with Crippen molar-refractivity contribution < 1.29 is 18.3 Å². The van der Waals surface area contributed by atoms with E-state index in [0.29, 0.717) is 38.0 Å². The minimum absolute atomic E-state index is 0.0819. The molecule has 0 amide bonds. The van der Waals surface area contributed by atoms with E-state index in [0.717, 1.165) is 17.5 Å². The van der Waals surface area contributed by atoms with Gasteiger partial charge in [-0.1, -0.05) is 54.1 Å². The Labute approximate surface area is 217 Å². The van der Waals surface area contributed by atoms with Gasteiger partial charge in [0.1, 0.15) is 11.2 Å². The van der Waals surface area contributed by atoms with Gasteiger partial charge in [-0.3, -0.25) is 4.90 Å². The highest BCUT2D eigenvalue weighted by Crippen LogP contribution is 2.40. The Kier molecular flexibility index (Phi) is 6.82. The first-order chi connectivity index (χ1) is 17.3. The molecule has 0 bridgehead atoms. The van der Waals surface area contributed by atoms with Crippen LogP contribution >= 0.6 is 11.6 Å². The fourth-order valence-corrected chi connectivity index (χ4v) is 8.05. The van der Waals surface area contributed by atoms with E-state index in [1.54, 1.807) is 25.1 Å². The van der Waals surface area contributed by atoms with Crippen molar-refractivity contribution in [2.75, 3.05) is 19.6 Å². The van der Waals surface area contributed by atoms with Crippen LogP contribution in [0.25, 0.3) is 0 Å². The summed E-state index contributed by atoms with van der Waals surface area (Å²) < 4.78 is 31.5. The van der Waals surface area contributed by atoms with Crippen molar-refractivity contribution in [3.8, 4) is 0 Å². The van der Waals surface area contributed by atoms with Gasteiger partial charge in [0.05, 0.1) is 22.7 Å². The van der Waals surface area contributed by atoms with Gasteiger partial charge in [0, 0.05) is 38.1 Å². The minimum atomic E-state index is -4.00. The van der Waals surface area contributed by atoms with Gasteiger partial charge in [-0.15, -0.1) is 0 Å². The molecule has 190 valence electrons. The number of carbonyl (C=O) groups excluding carboxylic acids is 1. The number of likely N-dealkylation sites (tertiary alicyclic amines) is 1. The van der Waals surface area contributed by atoms with Crippen molar-refractivity contribution >= 4 is 27.9 Å². The molecule has 36 heavy (non-hydrogen) atoms. The number of nitrogens with zero attached hydrogens (tertiary/aromatic N) is 3. The zero-order valence-electron chi connectivity index (χ0n) is 20.1. The van der Waals surface area contributed by atoms with Gasteiger partial charge in [-0.25, -0.2) is 8.42 Å². The molecule has 2 aromatic carbocycles. The monoisotopic (exact) mass is 527 g/mol. The maximum atomic E-state index is 14.0. The van der Waals surface area contributed by atoms with E-state index in [1.165, 1.54) is 4.31 Å². The molecule has 2 atom stereocenters. The molecule has 2 unspecified atom stereocenters. The molecule has 0 aliphatic carbocycles. The van der Waals surface area contributed by atoms with Crippen LogP contribution in [-0.2, 0) is 27.0 Å². The van der Waals surface area contributed by atoms with E-state index in [9.17, 15) is 18.3 Å². The van der Waals surface area contributed by atoms with E-state index in [1.807, 2.05) is 58.1 Å². The molecule has 1 saturated heterocycles. The maximum absolute atomic E-state index is 14.0. The molecule has 3 heterocycles. The summed E-state index contributed by atoms with van der Waals surface area (Å²) in [6, 6.07) is 16.9. The maximum Gasteiger partial charge on any atom is 0.245 e. The predicted octanol–water partition coefficient (Wildman–Crippen LogP) is 3.75. The van der Waals surface area contributed by atoms with E-state index < -0.39 is 27.7 Å². The average Bonchev–Trinajstić information content (AvgIpc) is 3.35. The third-order valence-corrected chi connectivity index (χ3v) is 10.1. The number of carbonyl (C=O) groups is 1. The van der Waals surface area contributed by atoms with Crippen LogP contribution in [0.3, 0.4) is 0 Å². The first kappa shape index (κ1) is 25.2. The van der Waals surface area contributed by atoms with Gasteiger partial charge in [0.15, 0.2) is 0 Å². The number of aldehydes is 1. The number of fused-ring (bicyclic) bond motifs is 1. The summed E-state index contributed by atoms with van der Waals surface area (Å²) in [5.41, 5.74) is 1.22. The van der Waals surface area contributed by atoms with Crippen LogP contribution in [0.2, 0.25) is 5.02 Å². The summed E-state index contributed by atoms with van der Waals surface area (Å²) in [6.45, 7) is 3.37. The normalized spacial score (nSPS) is 21.6. The first-order valence-electron chi connectivity index (χ1n) is 12.2. The van der Waals surface area contributed by atoms with Gasteiger partial charge >= 0.3 is 0 Å². The molecule has 3 aromatic rings. The zero-order valence-corrected chi connectivity index (χ0v) is 21.7. The number of rotatable bonds is 6. The van der Waals surface area contributed by atoms with Crippen LogP contribution in [0.5, 0.6) is 0 Å². The molecule has 0 radical (unpaired) electrons. The van der Waals surface area contributed by atoms with Crippen LogP contribution in [0.1, 0.15) is 35.7 Å². The standard InChI is InChI=1S/C27H30ClN3O4S/c1-20-7-5-10-22(28)26(20)36(34,35)31-18-17-29-14-6-11-23(29)25(31)24(19-32)30-15-12-27(33,13-16-30)21-8-3-2-4-9-21/h2-11,14,19,24-25,33H,12-13,15-18H2,1H3. The second-order valence-electron chi connectivity index (χ2n) is 9.63. The highest BCUT2D eigenvalue weighted by atomic mass is 35.5. The predicted molar refractivity (Wildman–Crippen MR) is 138 cm³/mol.